The van der Waals surface area contributed by atoms with Gasteiger partial charge in [0.2, 0.25) is 11.8 Å². The van der Waals surface area contributed by atoms with Crippen molar-refractivity contribution in [3.05, 3.63) is 57.6 Å². The zero-order valence-corrected chi connectivity index (χ0v) is 19.3. The molecule has 1 unspecified atom stereocenters. The summed E-state index contributed by atoms with van der Waals surface area (Å²) in [4.78, 5) is 43.0. The van der Waals surface area contributed by atoms with Crippen molar-refractivity contribution in [1.29, 1.82) is 0 Å². The normalized spacial score (nSPS) is 19.1. The number of benzene rings is 2. The molecule has 1 atom stereocenters. The summed E-state index contributed by atoms with van der Waals surface area (Å²) in [6.45, 7) is 4.04. The molecule has 1 heterocycles. The number of rotatable bonds is 7. The Hall–Kier alpha value is -3.40. The molecule has 1 saturated heterocycles. The van der Waals surface area contributed by atoms with Crippen LogP contribution in [0.25, 0.3) is 0 Å². The number of amides is 2. The highest BCUT2D eigenvalue weighted by atomic mass is 32.2. The van der Waals surface area contributed by atoms with Gasteiger partial charge in [0, 0.05) is 12.5 Å². The number of carbonyl (C=O) groups excluding carboxylic acids is 2. The zero-order chi connectivity index (χ0) is 23.7. The molecule has 10 heteroatoms. The first kappa shape index (κ1) is 22.8. The van der Waals surface area contributed by atoms with Crippen LogP contribution in [0.3, 0.4) is 0 Å². The van der Waals surface area contributed by atoms with E-state index in [0.717, 1.165) is 29.7 Å². The molecular formula is C23H24N4O5S. The van der Waals surface area contributed by atoms with Gasteiger partial charge in [-0.1, -0.05) is 17.8 Å². The van der Waals surface area contributed by atoms with Gasteiger partial charge in [-0.15, -0.1) is 0 Å². The number of nitro benzene ring substituents is 1. The number of carbonyl (C=O) groups is 2. The monoisotopic (exact) mass is 468 g/mol. The van der Waals surface area contributed by atoms with E-state index in [1.807, 2.05) is 32.0 Å². The van der Waals surface area contributed by atoms with Crippen molar-refractivity contribution >= 4 is 45.8 Å². The van der Waals surface area contributed by atoms with Crippen molar-refractivity contribution in [2.75, 3.05) is 12.4 Å². The fourth-order valence-corrected chi connectivity index (χ4v) is 4.75. The summed E-state index contributed by atoms with van der Waals surface area (Å²) in [5, 5.41) is 13.9. The van der Waals surface area contributed by atoms with Crippen LogP contribution in [0.5, 0.6) is 5.75 Å². The van der Waals surface area contributed by atoms with Crippen LogP contribution in [0.1, 0.15) is 30.4 Å². The van der Waals surface area contributed by atoms with Gasteiger partial charge < -0.3 is 10.1 Å². The number of nitrogens with one attached hydrogen (secondary N) is 1. The second-order valence-electron chi connectivity index (χ2n) is 8.10. The smallest absolute Gasteiger partial charge is 0.296 e. The lowest BCUT2D eigenvalue weighted by molar-refractivity contribution is -0.384. The van der Waals surface area contributed by atoms with E-state index in [9.17, 15) is 19.7 Å². The predicted molar refractivity (Wildman–Crippen MR) is 127 cm³/mol. The molecule has 0 bridgehead atoms. The van der Waals surface area contributed by atoms with Gasteiger partial charge in [0.15, 0.2) is 5.17 Å². The number of amidine groups is 1. The lowest BCUT2D eigenvalue weighted by Gasteiger charge is -2.15. The molecule has 1 aliphatic heterocycles. The first-order chi connectivity index (χ1) is 15.8. The van der Waals surface area contributed by atoms with Crippen LogP contribution in [0.4, 0.5) is 17.1 Å². The average molecular weight is 469 g/mol. The number of ether oxygens (including phenoxy) is 1. The standard InChI is InChI=1S/C23H24N4O5S/c1-13-4-5-15(10-14(13)2)24-23-26(16-6-7-16)22(29)20(33-23)12-21(28)25-18-9-8-17(32-3)11-19(18)27(30)31/h4-5,8-11,16,20H,6-7,12H2,1-3H3,(H,25,28). The van der Waals surface area contributed by atoms with E-state index in [0.29, 0.717) is 10.9 Å². The molecule has 2 fully saturated rings. The highest BCUT2D eigenvalue weighted by molar-refractivity contribution is 8.15. The highest BCUT2D eigenvalue weighted by Crippen LogP contribution is 2.40. The molecule has 9 nitrogen and oxygen atoms in total. The van der Waals surface area contributed by atoms with E-state index < -0.39 is 16.1 Å². The number of hydrogen-bond donors (Lipinski definition) is 1. The Morgan fingerprint density at radius 2 is 2.00 bits per heavy atom. The van der Waals surface area contributed by atoms with E-state index >= 15 is 0 Å². The second kappa shape index (κ2) is 9.22. The molecule has 0 aromatic heterocycles. The minimum atomic E-state index is -0.631. The van der Waals surface area contributed by atoms with E-state index in [-0.39, 0.29) is 29.7 Å². The fraction of sp³-hybridized carbons (Fsp3) is 0.348. The lowest BCUT2D eigenvalue weighted by atomic mass is 10.1. The molecular weight excluding hydrogens is 444 g/mol. The third kappa shape index (κ3) is 5.00. The Balaban J connectivity index is 1.51. The van der Waals surface area contributed by atoms with Crippen molar-refractivity contribution < 1.29 is 19.2 Å². The third-order valence-electron chi connectivity index (χ3n) is 5.64. The molecule has 4 rings (SSSR count). The van der Waals surface area contributed by atoms with Crippen LogP contribution in [-0.2, 0) is 9.59 Å². The third-order valence-corrected chi connectivity index (χ3v) is 6.79. The van der Waals surface area contributed by atoms with E-state index in [1.54, 1.807) is 4.90 Å². The Labute approximate surface area is 195 Å². The highest BCUT2D eigenvalue weighted by Gasteiger charge is 2.46. The number of aryl methyl sites for hydroxylation is 2. The fourth-order valence-electron chi connectivity index (χ4n) is 3.53. The Kier molecular flexibility index (Phi) is 6.37. The molecule has 0 radical (unpaired) electrons. The van der Waals surface area contributed by atoms with Crippen LogP contribution in [-0.4, -0.2) is 45.2 Å². The maximum Gasteiger partial charge on any atom is 0.296 e. The minimum Gasteiger partial charge on any atom is -0.496 e. The van der Waals surface area contributed by atoms with Gasteiger partial charge in [-0.3, -0.25) is 24.6 Å². The van der Waals surface area contributed by atoms with Crippen LogP contribution in [0, 0.1) is 24.0 Å². The molecule has 1 N–H and O–H groups in total. The van der Waals surface area contributed by atoms with Crippen molar-refractivity contribution in [2.24, 2.45) is 4.99 Å². The number of aliphatic imine (C=N–C) groups is 1. The topological polar surface area (TPSA) is 114 Å². The van der Waals surface area contributed by atoms with Crippen molar-refractivity contribution in [2.45, 2.75) is 44.4 Å². The second-order valence-corrected chi connectivity index (χ2v) is 9.27. The van der Waals surface area contributed by atoms with Crippen LogP contribution in [0.2, 0.25) is 0 Å². The summed E-state index contributed by atoms with van der Waals surface area (Å²) in [6, 6.07) is 10.2. The van der Waals surface area contributed by atoms with Gasteiger partial charge in [0.1, 0.15) is 16.7 Å². The average Bonchev–Trinajstić information content (AvgIpc) is 3.56. The summed E-state index contributed by atoms with van der Waals surface area (Å²) in [6.07, 6.45) is 1.71. The lowest BCUT2D eigenvalue weighted by Crippen LogP contribution is -2.35. The first-order valence-corrected chi connectivity index (χ1v) is 11.4. The van der Waals surface area contributed by atoms with Gasteiger partial charge >= 0.3 is 0 Å². The number of nitro groups is 1. The van der Waals surface area contributed by atoms with Crippen LogP contribution >= 0.6 is 11.8 Å². The van der Waals surface area contributed by atoms with Gasteiger partial charge in [-0.2, -0.15) is 0 Å². The number of nitrogens with zero attached hydrogens (tertiary/aromatic N) is 3. The Morgan fingerprint density at radius 1 is 1.24 bits per heavy atom. The molecule has 1 aliphatic carbocycles. The SMILES string of the molecule is COc1ccc(NC(=O)CC2SC(=Nc3ccc(C)c(C)c3)N(C3CC3)C2=O)c([N+](=O)[O-])c1. The van der Waals surface area contributed by atoms with Crippen LogP contribution in [0.15, 0.2) is 41.4 Å². The molecule has 1 saturated carbocycles. The summed E-state index contributed by atoms with van der Waals surface area (Å²) in [5.41, 5.74) is 2.82. The molecule has 2 aromatic rings. The largest absolute Gasteiger partial charge is 0.496 e. The van der Waals surface area contributed by atoms with Gasteiger partial charge in [0.05, 0.1) is 23.8 Å². The van der Waals surface area contributed by atoms with E-state index in [2.05, 4.69) is 5.32 Å². The van der Waals surface area contributed by atoms with Crippen molar-refractivity contribution in [3.63, 3.8) is 0 Å². The number of thioether (sulfide) groups is 1. The molecule has 2 aliphatic rings. The number of hydrogen-bond acceptors (Lipinski definition) is 7. The first-order valence-electron chi connectivity index (χ1n) is 10.5. The molecule has 33 heavy (non-hydrogen) atoms. The zero-order valence-electron chi connectivity index (χ0n) is 18.5. The summed E-state index contributed by atoms with van der Waals surface area (Å²) in [5.74, 6) is -0.310. The molecule has 2 amide bonds. The quantitative estimate of drug-likeness (QED) is 0.477. The molecule has 172 valence electrons. The van der Waals surface area contributed by atoms with Gasteiger partial charge in [0.25, 0.3) is 5.69 Å². The Morgan fingerprint density at radius 3 is 2.64 bits per heavy atom. The van der Waals surface area contributed by atoms with Gasteiger partial charge in [-0.25, -0.2) is 4.99 Å². The van der Waals surface area contributed by atoms with Gasteiger partial charge in [-0.05, 0) is 62.1 Å². The van der Waals surface area contributed by atoms with E-state index in [4.69, 9.17) is 9.73 Å². The summed E-state index contributed by atoms with van der Waals surface area (Å²) in [7, 11) is 1.41. The maximum atomic E-state index is 13.1. The van der Waals surface area contributed by atoms with Crippen molar-refractivity contribution in [1.82, 2.24) is 4.90 Å². The molecule has 2 aromatic carbocycles. The summed E-state index contributed by atoms with van der Waals surface area (Å²) >= 11 is 1.27. The molecule has 0 spiro atoms. The van der Waals surface area contributed by atoms with Crippen molar-refractivity contribution in [3.8, 4) is 5.75 Å². The minimum absolute atomic E-state index is 0.0596. The predicted octanol–water partition coefficient (Wildman–Crippen LogP) is 4.34. The number of methoxy groups -OCH3 is 1. The Bertz CT molecular complexity index is 1160. The number of anilines is 1. The maximum absolute atomic E-state index is 13.1. The summed E-state index contributed by atoms with van der Waals surface area (Å²) < 4.78 is 5.02. The van der Waals surface area contributed by atoms with Crippen LogP contribution < -0.4 is 10.1 Å². The van der Waals surface area contributed by atoms with E-state index in [1.165, 1.54) is 37.1 Å².